The zero-order valence-electron chi connectivity index (χ0n) is 14.7. The van der Waals surface area contributed by atoms with Crippen molar-refractivity contribution in [2.75, 3.05) is 0 Å². The van der Waals surface area contributed by atoms with Gasteiger partial charge >= 0.3 is 42.6 Å². The van der Waals surface area contributed by atoms with Gasteiger partial charge in [0.1, 0.15) is 5.56 Å². The molecular weight excluding hydrogens is 415 g/mol. The molecule has 1 atom stereocenters. The van der Waals surface area contributed by atoms with Crippen LogP contribution < -0.4 is 0 Å². The Hall–Kier alpha value is 0.331. The number of allylic oxidation sites excluding steroid dienone is 3. The van der Waals surface area contributed by atoms with E-state index >= 15 is 0 Å². The quantitative estimate of drug-likeness (QED) is 0.231. The topological polar surface area (TPSA) is 30.0 Å². The van der Waals surface area contributed by atoms with Gasteiger partial charge in [-0.15, -0.1) is 6.58 Å². The Kier molecular flexibility index (Phi) is 17.2. The Bertz CT molecular complexity index is 445. The van der Waals surface area contributed by atoms with Crippen LogP contribution in [0.5, 0.6) is 0 Å². The third kappa shape index (κ3) is 18.7. The maximum absolute atomic E-state index is 4.97. The van der Waals surface area contributed by atoms with Crippen molar-refractivity contribution >= 4 is 36.0 Å². The van der Waals surface area contributed by atoms with Gasteiger partial charge in [0, 0.05) is 32.5 Å². The van der Waals surface area contributed by atoms with Gasteiger partial charge < -0.3 is 5.48 Å². The van der Waals surface area contributed by atoms with Crippen molar-refractivity contribution in [2.45, 2.75) is 38.5 Å². The van der Waals surface area contributed by atoms with Crippen LogP contribution in [-0.4, -0.2) is 13.6 Å². The van der Waals surface area contributed by atoms with Gasteiger partial charge in [0.15, 0.2) is 0 Å². The molecule has 0 fully saturated rings. The minimum atomic E-state index is -1.92. The fourth-order valence-electron chi connectivity index (χ4n) is 1.92. The minimum absolute atomic E-state index is 0. The first-order chi connectivity index (χ1) is 10.7. The van der Waals surface area contributed by atoms with Gasteiger partial charge in [0.05, 0.1) is 0 Å². The van der Waals surface area contributed by atoms with Crippen molar-refractivity contribution in [2.24, 2.45) is 5.92 Å². The number of hydrogen-bond acceptors (Lipinski definition) is 1. The van der Waals surface area contributed by atoms with Crippen LogP contribution in [0.4, 0.5) is 0 Å². The van der Waals surface area contributed by atoms with Crippen LogP contribution in [0.25, 0.3) is 0 Å². The summed E-state index contributed by atoms with van der Waals surface area (Å²) in [7, 11) is 14.0. The first kappa shape index (κ1) is 26.6. The normalized spacial score (nSPS) is 11.8. The van der Waals surface area contributed by atoms with Crippen LogP contribution in [0, 0.1) is 12.3 Å². The predicted octanol–water partition coefficient (Wildman–Crippen LogP) is 7.60. The minimum Gasteiger partial charge on any atom is -0.870 e. The van der Waals surface area contributed by atoms with E-state index in [1.54, 1.807) is 0 Å². The fourth-order valence-corrected chi connectivity index (χ4v) is 2.80. The van der Waals surface area contributed by atoms with Crippen molar-refractivity contribution in [3.63, 3.8) is 0 Å². The SMILES string of the molecule is C=CC([CH+]c1ccccc1)CC/C=C/C[Si](C)(C)C.[Cl][Ti]([Cl])[Cl].[OH-]. The summed E-state index contributed by atoms with van der Waals surface area (Å²) in [5, 5.41) is 0. The van der Waals surface area contributed by atoms with Gasteiger partial charge in [0.2, 0.25) is 0 Å². The van der Waals surface area contributed by atoms with Crippen LogP contribution in [0.3, 0.4) is 0 Å². The molecule has 1 N–H and O–H groups in total. The van der Waals surface area contributed by atoms with Crippen LogP contribution in [0.15, 0.2) is 55.1 Å². The Morgan fingerprint density at radius 2 is 1.67 bits per heavy atom. The Morgan fingerprint density at radius 3 is 2.12 bits per heavy atom. The zero-order valence-corrected chi connectivity index (χ0v) is 19.5. The molecule has 0 radical (unpaired) electrons. The number of halogens is 3. The molecule has 1 nitrogen and oxygen atoms in total. The van der Waals surface area contributed by atoms with Gasteiger partial charge in [-0.1, -0.05) is 37.9 Å². The van der Waals surface area contributed by atoms with Gasteiger partial charge in [-0.3, -0.25) is 0 Å². The average Bonchev–Trinajstić information content (AvgIpc) is 2.45. The van der Waals surface area contributed by atoms with E-state index in [0.717, 1.165) is 12.8 Å². The number of rotatable bonds is 8. The van der Waals surface area contributed by atoms with Crippen LogP contribution in [0.2, 0.25) is 25.7 Å². The van der Waals surface area contributed by atoms with Gasteiger partial charge in [-0.05, 0) is 37.1 Å². The molecule has 0 heterocycles. The second kappa shape index (κ2) is 15.6. The smallest absolute Gasteiger partial charge is 0.870 e. The summed E-state index contributed by atoms with van der Waals surface area (Å²) in [6.45, 7) is 11.2. The van der Waals surface area contributed by atoms with E-state index in [1.807, 2.05) is 0 Å². The molecule has 0 aliphatic rings. The first-order valence-electron chi connectivity index (χ1n) is 7.75. The third-order valence-corrected chi connectivity index (χ3v) is 4.53. The monoisotopic (exact) mass is 441 g/mol. The summed E-state index contributed by atoms with van der Waals surface area (Å²) < 4.78 is 0. The summed E-state index contributed by atoms with van der Waals surface area (Å²) in [5.74, 6) is 0.471. The molecule has 0 aliphatic carbocycles. The molecule has 1 aromatic rings. The van der Waals surface area contributed by atoms with Crippen molar-refractivity contribution in [3.8, 4) is 0 Å². The largest absolute Gasteiger partial charge is 0.870 e. The van der Waals surface area contributed by atoms with E-state index in [2.05, 4.69) is 81.2 Å². The summed E-state index contributed by atoms with van der Waals surface area (Å²) in [5.41, 5.74) is 1.29. The zero-order chi connectivity index (χ0) is 17.7. The molecule has 0 amide bonds. The molecule has 1 rings (SSSR count). The molecule has 0 aliphatic heterocycles. The molecule has 1 unspecified atom stereocenters. The van der Waals surface area contributed by atoms with Gasteiger partial charge in [0.25, 0.3) is 0 Å². The van der Waals surface area contributed by atoms with E-state index in [9.17, 15) is 0 Å². The van der Waals surface area contributed by atoms with Crippen molar-refractivity contribution < 1.29 is 20.2 Å². The third-order valence-electron chi connectivity index (χ3n) is 3.07. The molecular formula is C18H28Cl3OSiTi. The maximum Gasteiger partial charge on any atom is -0.870 e. The molecule has 1 aromatic carbocycles. The predicted molar refractivity (Wildman–Crippen MR) is 110 cm³/mol. The Morgan fingerprint density at radius 1 is 1.12 bits per heavy atom. The standard InChI is InChI=1S/C18H27Si.3ClH.H2O.Ti/c1-5-17(16-18-13-8-6-9-14-18)12-10-7-11-15-19(2,3)4;;;;;/h5-9,11,13-14,16-17H,1,10,12,15H2,2-4H3;3*1H;1H2;/q+1;;;;;+3/p-4/b11-7+;;;;;. The molecule has 0 aromatic heterocycles. The summed E-state index contributed by atoms with van der Waals surface area (Å²) in [4.78, 5) is 0. The van der Waals surface area contributed by atoms with Crippen LogP contribution in [0.1, 0.15) is 18.4 Å². The molecule has 24 heavy (non-hydrogen) atoms. The van der Waals surface area contributed by atoms with E-state index in [4.69, 9.17) is 27.9 Å². The van der Waals surface area contributed by atoms with Crippen molar-refractivity contribution in [1.82, 2.24) is 0 Å². The molecule has 0 bridgehead atoms. The van der Waals surface area contributed by atoms with Crippen LogP contribution in [-0.2, 0) is 14.7 Å². The Labute approximate surface area is 166 Å². The van der Waals surface area contributed by atoms with E-state index in [1.165, 1.54) is 11.6 Å². The maximum atomic E-state index is 4.97. The van der Waals surface area contributed by atoms with E-state index in [-0.39, 0.29) is 5.48 Å². The van der Waals surface area contributed by atoms with Gasteiger partial charge in [-0.25, -0.2) is 0 Å². The summed E-state index contributed by atoms with van der Waals surface area (Å²) >= 11 is -1.92. The number of benzene rings is 1. The summed E-state index contributed by atoms with van der Waals surface area (Å²) in [6.07, 6.45) is 11.4. The Balaban J connectivity index is 0. The average molecular weight is 443 g/mol. The van der Waals surface area contributed by atoms with E-state index in [0.29, 0.717) is 5.92 Å². The van der Waals surface area contributed by atoms with Crippen molar-refractivity contribution in [1.29, 1.82) is 0 Å². The summed E-state index contributed by atoms with van der Waals surface area (Å²) in [6, 6.07) is 11.8. The molecule has 0 saturated heterocycles. The second-order valence-electron chi connectivity index (χ2n) is 6.50. The second-order valence-corrected chi connectivity index (χ2v) is 19.8. The molecule has 6 heteroatoms. The van der Waals surface area contributed by atoms with Crippen LogP contribution >= 0.6 is 27.9 Å². The number of hydrogen-bond donors (Lipinski definition) is 0. The molecule has 135 valence electrons. The van der Waals surface area contributed by atoms with Gasteiger partial charge in [-0.2, -0.15) is 0 Å². The molecule has 0 saturated carbocycles. The van der Waals surface area contributed by atoms with E-state index < -0.39 is 22.8 Å². The fraction of sp³-hybridized carbons (Fsp3) is 0.389. The first-order valence-corrected chi connectivity index (χ1v) is 17.9. The van der Waals surface area contributed by atoms with Crippen molar-refractivity contribution in [3.05, 3.63) is 67.1 Å². The molecule has 0 spiro atoms.